The number of hydrogen-bond donors (Lipinski definition) is 0. The number of allylic oxidation sites excluding steroid dienone is 18. The van der Waals surface area contributed by atoms with E-state index in [1.54, 1.807) is 0 Å². The molecule has 0 amide bonds. The summed E-state index contributed by atoms with van der Waals surface area (Å²) in [4.78, 5) is 38.0. The van der Waals surface area contributed by atoms with Gasteiger partial charge in [-0.25, -0.2) is 0 Å². The van der Waals surface area contributed by atoms with Crippen molar-refractivity contribution in [2.75, 3.05) is 13.2 Å². The standard InChI is InChI=1S/C66H110O6/c1-4-7-10-13-16-18-20-22-24-26-28-29-30-31-32-33-34-35-36-37-38-40-41-43-45-47-50-53-56-59-65(68)71-62-63(61-70-64(67)58-55-52-49-15-12-9-6-3)72-66(69)60-57-54-51-48-46-44-42-39-27-25-23-21-19-17-14-11-8-5-2/h7,10,16,18-19,21-22,24-25,27-29,31-32,34-35,37-38,63H,4-6,8-9,11-15,17,20,23,26,30,33,36,39-62H2,1-3H3/b10-7-,18-16-,21-19-,24-22-,27-25-,29-28-,32-31-,35-34-,38-37-. The predicted octanol–water partition coefficient (Wildman–Crippen LogP) is 20.3. The average Bonchev–Trinajstić information content (AvgIpc) is 3.38. The molecule has 0 fully saturated rings. The molecule has 6 nitrogen and oxygen atoms in total. The van der Waals surface area contributed by atoms with Crippen LogP contribution in [0.1, 0.15) is 271 Å². The molecule has 0 aliphatic carbocycles. The van der Waals surface area contributed by atoms with E-state index >= 15 is 0 Å². The van der Waals surface area contributed by atoms with Gasteiger partial charge in [0.05, 0.1) is 0 Å². The van der Waals surface area contributed by atoms with E-state index in [2.05, 4.69) is 130 Å². The van der Waals surface area contributed by atoms with Gasteiger partial charge in [-0.2, -0.15) is 0 Å². The second-order valence-corrected chi connectivity index (χ2v) is 19.5. The third-order valence-electron chi connectivity index (χ3n) is 12.5. The van der Waals surface area contributed by atoms with Gasteiger partial charge in [0.15, 0.2) is 6.10 Å². The van der Waals surface area contributed by atoms with E-state index in [9.17, 15) is 14.4 Å². The minimum atomic E-state index is -0.786. The van der Waals surface area contributed by atoms with Gasteiger partial charge < -0.3 is 14.2 Å². The molecule has 72 heavy (non-hydrogen) atoms. The molecule has 1 unspecified atom stereocenters. The Bertz CT molecular complexity index is 1470. The Morgan fingerprint density at radius 2 is 0.542 bits per heavy atom. The number of carbonyl (C=O) groups excluding carboxylic acids is 3. The molecule has 0 N–H and O–H groups in total. The average molecular weight is 1000 g/mol. The Morgan fingerprint density at radius 3 is 0.861 bits per heavy atom. The Kier molecular flexibility index (Phi) is 56.4. The molecular formula is C66H110O6. The maximum absolute atomic E-state index is 12.8. The summed E-state index contributed by atoms with van der Waals surface area (Å²) in [6.07, 6.45) is 81.0. The first-order chi connectivity index (χ1) is 35.5. The highest BCUT2D eigenvalue weighted by molar-refractivity contribution is 5.71. The minimum absolute atomic E-state index is 0.0847. The summed E-state index contributed by atoms with van der Waals surface area (Å²) in [6.45, 7) is 6.45. The van der Waals surface area contributed by atoms with E-state index in [-0.39, 0.29) is 31.1 Å². The third-order valence-corrected chi connectivity index (χ3v) is 12.5. The van der Waals surface area contributed by atoms with Crippen LogP contribution in [0.4, 0.5) is 0 Å². The third kappa shape index (κ3) is 57.0. The van der Waals surface area contributed by atoms with Crippen LogP contribution in [0.15, 0.2) is 109 Å². The Labute approximate surface area is 444 Å². The minimum Gasteiger partial charge on any atom is -0.462 e. The first-order valence-corrected chi connectivity index (χ1v) is 29.9. The maximum atomic E-state index is 12.8. The number of carbonyl (C=O) groups is 3. The van der Waals surface area contributed by atoms with E-state index in [1.807, 2.05) is 0 Å². The van der Waals surface area contributed by atoms with Crippen molar-refractivity contribution in [2.24, 2.45) is 0 Å². The van der Waals surface area contributed by atoms with Crippen molar-refractivity contribution < 1.29 is 28.6 Å². The number of esters is 3. The highest BCUT2D eigenvalue weighted by Gasteiger charge is 2.19. The van der Waals surface area contributed by atoms with Crippen LogP contribution in [0.25, 0.3) is 0 Å². The zero-order valence-electron chi connectivity index (χ0n) is 46.9. The first kappa shape index (κ1) is 68.1. The second kappa shape index (κ2) is 59.6. The van der Waals surface area contributed by atoms with E-state index in [0.29, 0.717) is 19.3 Å². The van der Waals surface area contributed by atoms with Gasteiger partial charge in [0, 0.05) is 19.3 Å². The van der Waals surface area contributed by atoms with Crippen LogP contribution in [-0.4, -0.2) is 37.2 Å². The Balaban J connectivity index is 4.21. The van der Waals surface area contributed by atoms with Gasteiger partial charge in [-0.05, 0) is 109 Å². The molecule has 0 aromatic carbocycles. The van der Waals surface area contributed by atoms with Crippen LogP contribution in [-0.2, 0) is 28.6 Å². The van der Waals surface area contributed by atoms with Gasteiger partial charge >= 0.3 is 17.9 Å². The van der Waals surface area contributed by atoms with Gasteiger partial charge in [-0.15, -0.1) is 0 Å². The summed E-state index contributed by atoms with van der Waals surface area (Å²) in [5, 5.41) is 0. The van der Waals surface area contributed by atoms with Gasteiger partial charge in [0.2, 0.25) is 0 Å². The van der Waals surface area contributed by atoms with Crippen molar-refractivity contribution in [1.29, 1.82) is 0 Å². The fourth-order valence-corrected chi connectivity index (χ4v) is 8.04. The SMILES string of the molecule is CC/C=C\C/C=C\C/C=C\C/C=C\C/C=C\C/C=C\C/C=C\CCCCCCCCCC(=O)OCC(COC(=O)CCCCCCCCC)OC(=O)CCCCCCCCC/C=C\C/C=C\CCCCCC. The number of hydrogen-bond acceptors (Lipinski definition) is 6. The summed E-state index contributed by atoms with van der Waals surface area (Å²) < 4.78 is 16.8. The fraction of sp³-hybridized carbons (Fsp3) is 0.682. The van der Waals surface area contributed by atoms with Crippen LogP contribution in [0.2, 0.25) is 0 Å². The predicted molar refractivity (Wildman–Crippen MR) is 311 cm³/mol. The monoisotopic (exact) mass is 999 g/mol. The van der Waals surface area contributed by atoms with Crippen LogP contribution in [0.5, 0.6) is 0 Å². The number of rotatable bonds is 53. The molecule has 0 saturated carbocycles. The number of ether oxygens (including phenoxy) is 3. The molecule has 0 aliphatic heterocycles. The van der Waals surface area contributed by atoms with E-state index in [1.165, 1.54) is 109 Å². The zero-order valence-corrected chi connectivity index (χ0v) is 46.9. The van der Waals surface area contributed by atoms with Crippen molar-refractivity contribution >= 4 is 17.9 Å². The lowest BCUT2D eigenvalue weighted by Crippen LogP contribution is -2.30. The normalized spacial score (nSPS) is 12.9. The molecule has 0 aromatic rings. The maximum Gasteiger partial charge on any atom is 0.306 e. The molecule has 0 rings (SSSR count). The molecule has 0 radical (unpaired) electrons. The summed E-state index contributed by atoms with van der Waals surface area (Å²) in [5.41, 5.74) is 0. The molecule has 0 heterocycles. The van der Waals surface area contributed by atoms with Crippen molar-refractivity contribution in [3.63, 3.8) is 0 Å². The topological polar surface area (TPSA) is 78.9 Å². The summed E-state index contributed by atoms with van der Waals surface area (Å²) >= 11 is 0. The van der Waals surface area contributed by atoms with Gasteiger partial charge in [-0.1, -0.05) is 252 Å². The molecule has 0 aromatic heterocycles. The Morgan fingerprint density at radius 1 is 0.292 bits per heavy atom. The summed E-state index contributed by atoms with van der Waals surface area (Å²) in [7, 11) is 0. The van der Waals surface area contributed by atoms with Crippen LogP contribution >= 0.6 is 0 Å². The molecule has 1 atom stereocenters. The quantitative estimate of drug-likeness (QED) is 0.0261. The smallest absolute Gasteiger partial charge is 0.306 e. The van der Waals surface area contributed by atoms with Gasteiger partial charge in [0.1, 0.15) is 13.2 Å². The van der Waals surface area contributed by atoms with Crippen LogP contribution in [0, 0.1) is 0 Å². The van der Waals surface area contributed by atoms with Crippen LogP contribution < -0.4 is 0 Å². The fourth-order valence-electron chi connectivity index (χ4n) is 8.04. The summed E-state index contributed by atoms with van der Waals surface area (Å²) in [6, 6.07) is 0. The lowest BCUT2D eigenvalue weighted by atomic mass is 10.1. The summed E-state index contributed by atoms with van der Waals surface area (Å²) in [5.74, 6) is -0.909. The molecule has 6 heteroatoms. The van der Waals surface area contributed by atoms with Gasteiger partial charge in [-0.3, -0.25) is 14.4 Å². The molecule has 0 aliphatic rings. The van der Waals surface area contributed by atoms with E-state index in [4.69, 9.17) is 14.2 Å². The van der Waals surface area contributed by atoms with E-state index < -0.39 is 6.10 Å². The van der Waals surface area contributed by atoms with Crippen LogP contribution in [0.3, 0.4) is 0 Å². The largest absolute Gasteiger partial charge is 0.462 e. The molecular weight excluding hydrogens is 889 g/mol. The van der Waals surface area contributed by atoms with Crippen molar-refractivity contribution in [3.05, 3.63) is 109 Å². The number of unbranched alkanes of at least 4 members (excludes halogenated alkanes) is 24. The van der Waals surface area contributed by atoms with Gasteiger partial charge in [0.25, 0.3) is 0 Å². The Hall–Kier alpha value is -3.93. The molecule has 410 valence electrons. The lowest BCUT2D eigenvalue weighted by molar-refractivity contribution is -0.167. The van der Waals surface area contributed by atoms with Crippen molar-refractivity contribution in [1.82, 2.24) is 0 Å². The van der Waals surface area contributed by atoms with E-state index in [0.717, 1.165) is 122 Å². The second-order valence-electron chi connectivity index (χ2n) is 19.5. The molecule has 0 spiro atoms. The molecule has 0 bridgehead atoms. The zero-order chi connectivity index (χ0) is 52.2. The van der Waals surface area contributed by atoms with Crippen molar-refractivity contribution in [3.8, 4) is 0 Å². The van der Waals surface area contributed by atoms with Crippen molar-refractivity contribution in [2.45, 2.75) is 277 Å². The lowest BCUT2D eigenvalue weighted by Gasteiger charge is -2.18. The molecule has 0 saturated heterocycles. The highest BCUT2D eigenvalue weighted by atomic mass is 16.6. The first-order valence-electron chi connectivity index (χ1n) is 29.9. The highest BCUT2D eigenvalue weighted by Crippen LogP contribution is 2.14.